The second-order valence-electron chi connectivity index (χ2n) is 5.75. The molecule has 0 amide bonds. The van der Waals surface area contributed by atoms with Crippen LogP contribution >= 0.6 is 11.6 Å². The number of rotatable bonds is 5. The summed E-state index contributed by atoms with van der Waals surface area (Å²) in [5, 5.41) is 4.51. The average molecular weight is 289 g/mol. The highest BCUT2D eigenvalue weighted by atomic mass is 35.5. The Kier molecular flexibility index (Phi) is 4.41. The maximum Gasteiger partial charge on any atom is 0.0645 e. The number of hydrogen-bond donors (Lipinski definition) is 0. The van der Waals surface area contributed by atoms with E-state index in [4.69, 9.17) is 11.6 Å². The van der Waals surface area contributed by atoms with E-state index < -0.39 is 0 Å². The summed E-state index contributed by atoms with van der Waals surface area (Å²) < 4.78 is 1.90. The van der Waals surface area contributed by atoms with Crippen molar-refractivity contribution < 1.29 is 0 Å². The van der Waals surface area contributed by atoms with Crippen molar-refractivity contribution >= 4 is 11.6 Å². The molecule has 1 aliphatic carbocycles. The Morgan fingerprint density at radius 3 is 2.70 bits per heavy atom. The van der Waals surface area contributed by atoms with Gasteiger partial charge in [0.15, 0.2) is 0 Å². The van der Waals surface area contributed by atoms with Gasteiger partial charge in [-0.3, -0.25) is 0 Å². The first kappa shape index (κ1) is 13.7. The van der Waals surface area contributed by atoms with Crippen molar-refractivity contribution in [1.82, 2.24) is 9.78 Å². The minimum atomic E-state index is 0.0908. The Hall–Kier alpha value is -1.28. The topological polar surface area (TPSA) is 17.8 Å². The molecule has 0 bridgehead atoms. The molecule has 1 fully saturated rings. The van der Waals surface area contributed by atoms with Gasteiger partial charge in [0, 0.05) is 11.8 Å². The summed E-state index contributed by atoms with van der Waals surface area (Å²) in [6, 6.07) is 10.2. The van der Waals surface area contributed by atoms with Crippen LogP contribution in [-0.2, 0) is 0 Å². The normalized spacial score (nSPS) is 17.4. The van der Waals surface area contributed by atoms with Crippen molar-refractivity contribution in [2.45, 2.75) is 43.9 Å². The van der Waals surface area contributed by atoms with Crippen LogP contribution in [0.25, 0.3) is 5.69 Å². The molecule has 3 rings (SSSR count). The van der Waals surface area contributed by atoms with E-state index in [1.165, 1.54) is 32.1 Å². The van der Waals surface area contributed by atoms with Gasteiger partial charge in [-0.1, -0.05) is 43.9 Å². The van der Waals surface area contributed by atoms with Crippen molar-refractivity contribution in [3.05, 3.63) is 48.3 Å². The minimum absolute atomic E-state index is 0.0908. The lowest BCUT2D eigenvalue weighted by Crippen LogP contribution is -1.97. The van der Waals surface area contributed by atoms with Gasteiger partial charge in [-0.05, 0) is 30.9 Å². The zero-order valence-corrected chi connectivity index (χ0v) is 12.5. The number of benzene rings is 1. The van der Waals surface area contributed by atoms with Crippen LogP contribution in [0.2, 0.25) is 0 Å². The van der Waals surface area contributed by atoms with Gasteiger partial charge in [0.2, 0.25) is 0 Å². The summed E-state index contributed by atoms with van der Waals surface area (Å²) >= 11 is 6.53. The van der Waals surface area contributed by atoms with Gasteiger partial charge in [-0.25, -0.2) is 4.68 Å². The van der Waals surface area contributed by atoms with Crippen LogP contribution in [-0.4, -0.2) is 9.78 Å². The molecule has 0 saturated heterocycles. The molecule has 0 aliphatic heterocycles. The highest BCUT2D eigenvalue weighted by molar-refractivity contribution is 6.20. The SMILES string of the molecule is ClC(CCC1CCCC1)c1cnn(-c2ccccc2)c1. The van der Waals surface area contributed by atoms with Crippen LogP contribution in [0, 0.1) is 5.92 Å². The molecule has 3 heteroatoms. The fraction of sp³-hybridized carbons (Fsp3) is 0.471. The molecule has 0 radical (unpaired) electrons. The van der Waals surface area contributed by atoms with E-state index in [1.807, 2.05) is 29.1 Å². The number of aromatic nitrogens is 2. The van der Waals surface area contributed by atoms with E-state index in [0.29, 0.717) is 0 Å². The second-order valence-corrected chi connectivity index (χ2v) is 6.28. The van der Waals surface area contributed by atoms with Gasteiger partial charge >= 0.3 is 0 Å². The van der Waals surface area contributed by atoms with Gasteiger partial charge in [-0.2, -0.15) is 5.10 Å². The molecule has 106 valence electrons. The van der Waals surface area contributed by atoms with E-state index >= 15 is 0 Å². The largest absolute Gasteiger partial charge is 0.241 e. The van der Waals surface area contributed by atoms with Crippen molar-refractivity contribution in [3.63, 3.8) is 0 Å². The molecule has 1 atom stereocenters. The van der Waals surface area contributed by atoms with Crippen LogP contribution in [0.15, 0.2) is 42.7 Å². The van der Waals surface area contributed by atoms with Crippen molar-refractivity contribution in [1.29, 1.82) is 0 Å². The number of alkyl halides is 1. The molecule has 2 aromatic rings. The Labute approximate surface area is 125 Å². The standard InChI is InChI=1S/C17H21ClN2/c18-17(11-10-14-6-4-5-7-14)15-12-19-20(13-15)16-8-2-1-3-9-16/h1-3,8-9,12-14,17H,4-7,10-11H2. The summed E-state index contributed by atoms with van der Waals surface area (Å²) in [7, 11) is 0. The first-order chi connectivity index (χ1) is 9.83. The molecule has 0 spiro atoms. The van der Waals surface area contributed by atoms with Crippen LogP contribution < -0.4 is 0 Å². The van der Waals surface area contributed by atoms with Gasteiger partial charge in [0.1, 0.15) is 0 Å². The Balaban J connectivity index is 1.61. The molecule has 20 heavy (non-hydrogen) atoms. The van der Waals surface area contributed by atoms with Crippen LogP contribution in [0.5, 0.6) is 0 Å². The van der Waals surface area contributed by atoms with E-state index in [-0.39, 0.29) is 5.38 Å². The van der Waals surface area contributed by atoms with Crippen LogP contribution in [0.4, 0.5) is 0 Å². The molecule has 1 aromatic heterocycles. The quantitative estimate of drug-likeness (QED) is 0.698. The van der Waals surface area contributed by atoms with Crippen molar-refractivity contribution in [3.8, 4) is 5.69 Å². The Morgan fingerprint density at radius 1 is 1.20 bits per heavy atom. The molecule has 1 saturated carbocycles. The maximum absolute atomic E-state index is 6.53. The summed E-state index contributed by atoms with van der Waals surface area (Å²) in [5.41, 5.74) is 2.21. The third-order valence-corrected chi connectivity index (χ3v) is 4.76. The number of hydrogen-bond acceptors (Lipinski definition) is 1. The molecule has 1 unspecified atom stereocenters. The van der Waals surface area contributed by atoms with Gasteiger partial charge in [0.25, 0.3) is 0 Å². The van der Waals surface area contributed by atoms with Crippen molar-refractivity contribution in [2.75, 3.05) is 0 Å². The zero-order valence-electron chi connectivity index (χ0n) is 11.7. The number of para-hydroxylation sites is 1. The molecule has 1 heterocycles. The molecule has 1 aromatic carbocycles. The van der Waals surface area contributed by atoms with Gasteiger partial charge in [0.05, 0.1) is 17.3 Å². The highest BCUT2D eigenvalue weighted by Gasteiger charge is 2.18. The number of nitrogens with zero attached hydrogens (tertiary/aromatic N) is 2. The minimum Gasteiger partial charge on any atom is -0.241 e. The fourth-order valence-corrected chi connectivity index (χ4v) is 3.31. The van der Waals surface area contributed by atoms with Crippen LogP contribution in [0.3, 0.4) is 0 Å². The van der Waals surface area contributed by atoms with E-state index in [1.54, 1.807) is 0 Å². The van der Waals surface area contributed by atoms with E-state index in [9.17, 15) is 0 Å². The summed E-state index contributed by atoms with van der Waals surface area (Å²) in [6.45, 7) is 0. The lowest BCUT2D eigenvalue weighted by Gasteiger charge is -2.11. The average Bonchev–Trinajstić information content (AvgIpc) is 3.17. The molecule has 0 N–H and O–H groups in total. The fourth-order valence-electron chi connectivity index (χ4n) is 3.07. The molecule has 2 nitrogen and oxygen atoms in total. The first-order valence-electron chi connectivity index (χ1n) is 7.57. The summed E-state index contributed by atoms with van der Waals surface area (Å²) in [6.07, 6.45) is 11.9. The zero-order chi connectivity index (χ0) is 13.8. The summed E-state index contributed by atoms with van der Waals surface area (Å²) in [4.78, 5) is 0. The molecule has 1 aliphatic rings. The molecular weight excluding hydrogens is 268 g/mol. The monoisotopic (exact) mass is 288 g/mol. The predicted octanol–water partition coefficient (Wildman–Crippen LogP) is 5.12. The lowest BCUT2D eigenvalue weighted by molar-refractivity contribution is 0.480. The molecular formula is C17H21ClN2. The summed E-state index contributed by atoms with van der Waals surface area (Å²) in [5.74, 6) is 0.903. The van der Waals surface area contributed by atoms with Crippen LogP contribution in [0.1, 0.15) is 49.5 Å². The van der Waals surface area contributed by atoms with Gasteiger partial charge in [-0.15, -0.1) is 11.6 Å². The first-order valence-corrected chi connectivity index (χ1v) is 8.00. The van der Waals surface area contributed by atoms with E-state index in [0.717, 1.165) is 23.6 Å². The third-order valence-electron chi connectivity index (χ3n) is 4.29. The number of halogens is 1. The Bertz CT molecular complexity index is 529. The second kappa shape index (κ2) is 6.45. The maximum atomic E-state index is 6.53. The third kappa shape index (κ3) is 3.24. The smallest absolute Gasteiger partial charge is 0.0645 e. The lowest BCUT2D eigenvalue weighted by atomic mass is 9.99. The van der Waals surface area contributed by atoms with E-state index in [2.05, 4.69) is 23.4 Å². The predicted molar refractivity (Wildman–Crippen MR) is 83.4 cm³/mol. The highest BCUT2D eigenvalue weighted by Crippen LogP contribution is 2.33. The van der Waals surface area contributed by atoms with Crippen molar-refractivity contribution in [2.24, 2.45) is 5.92 Å². The van der Waals surface area contributed by atoms with Gasteiger partial charge < -0.3 is 0 Å². The Morgan fingerprint density at radius 2 is 1.95 bits per heavy atom.